The maximum absolute atomic E-state index is 14.7. The molecule has 24 heavy (non-hydrogen) atoms. The Morgan fingerprint density at radius 1 is 1.17 bits per heavy atom. The van der Waals surface area contributed by atoms with Crippen molar-refractivity contribution in [1.29, 1.82) is 0 Å². The molecule has 0 spiro atoms. The zero-order valence-corrected chi connectivity index (χ0v) is 13.6. The number of benzene rings is 2. The minimum Gasteiger partial charge on any atom is -0.373 e. The summed E-state index contributed by atoms with van der Waals surface area (Å²) in [6.07, 6.45) is 1.50. The second-order valence-corrected chi connectivity index (χ2v) is 6.03. The highest BCUT2D eigenvalue weighted by atomic mass is 35.5. The molecule has 4 rings (SSSR count). The summed E-state index contributed by atoms with van der Waals surface area (Å²) in [7, 11) is 0. The Morgan fingerprint density at radius 2 is 2.00 bits per heavy atom. The molecule has 0 aliphatic rings. The zero-order valence-electron chi connectivity index (χ0n) is 12.8. The van der Waals surface area contributed by atoms with Crippen LogP contribution in [0, 0.1) is 5.82 Å². The molecular formula is C18H14ClFN4. The summed E-state index contributed by atoms with van der Waals surface area (Å²) in [5.41, 5.74) is 2.46. The van der Waals surface area contributed by atoms with E-state index in [0.717, 1.165) is 16.9 Å². The maximum Gasteiger partial charge on any atom is 0.172 e. The zero-order chi connectivity index (χ0) is 16.7. The van der Waals surface area contributed by atoms with Gasteiger partial charge in [-0.2, -0.15) is 0 Å². The number of anilines is 1. The lowest BCUT2D eigenvalue weighted by Gasteiger charge is -2.14. The van der Waals surface area contributed by atoms with Crippen LogP contribution in [0.4, 0.5) is 10.1 Å². The summed E-state index contributed by atoms with van der Waals surface area (Å²) < 4.78 is 14.7. The fourth-order valence-corrected chi connectivity index (χ4v) is 2.95. The number of para-hydroxylation sites is 2. The third kappa shape index (κ3) is 2.47. The summed E-state index contributed by atoms with van der Waals surface area (Å²) in [5.74, 6) is 0.327. The molecule has 2 N–H and O–H groups in total. The quantitative estimate of drug-likeness (QED) is 0.547. The highest BCUT2D eigenvalue weighted by Gasteiger charge is 2.15. The van der Waals surface area contributed by atoms with E-state index in [1.807, 2.05) is 31.2 Å². The van der Waals surface area contributed by atoms with Gasteiger partial charge in [-0.3, -0.25) is 4.98 Å². The molecule has 1 unspecified atom stereocenters. The highest BCUT2D eigenvalue weighted by molar-refractivity contribution is 6.35. The van der Waals surface area contributed by atoms with Gasteiger partial charge in [-0.25, -0.2) is 9.37 Å². The van der Waals surface area contributed by atoms with Crippen molar-refractivity contribution < 1.29 is 4.39 Å². The molecule has 2 aromatic heterocycles. The van der Waals surface area contributed by atoms with Gasteiger partial charge in [0.05, 0.1) is 27.8 Å². The maximum atomic E-state index is 14.7. The average molecular weight is 341 g/mol. The van der Waals surface area contributed by atoms with Crippen molar-refractivity contribution >= 4 is 39.2 Å². The summed E-state index contributed by atoms with van der Waals surface area (Å²) >= 11 is 6.09. The van der Waals surface area contributed by atoms with E-state index in [0.29, 0.717) is 16.1 Å². The van der Waals surface area contributed by atoms with E-state index in [4.69, 9.17) is 11.6 Å². The Hall–Kier alpha value is -2.66. The number of hydrogen-bond donors (Lipinski definition) is 2. The van der Waals surface area contributed by atoms with Gasteiger partial charge in [0.25, 0.3) is 0 Å². The van der Waals surface area contributed by atoms with Crippen LogP contribution in [0.2, 0.25) is 5.02 Å². The molecule has 0 bridgehead atoms. The SMILES string of the molecule is CC(Nc1ccc2c(Cl)ccnc2c1F)c1nc2ccccc2[nH]1. The van der Waals surface area contributed by atoms with Crippen LogP contribution in [0.25, 0.3) is 21.9 Å². The van der Waals surface area contributed by atoms with Gasteiger partial charge < -0.3 is 10.3 Å². The largest absolute Gasteiger partial charge is 0.373 e. The van der Waals surface area contributed by atoms with E-state index in [-0.39, 0.29) is 11.6 Å². The van der Waals surface area contributed by atoms with E-state index in [2.05, 4.69) is 20.3 Å². The smallest absolute Gasteiger partial charge is 0.172 e. The molecule has 1 atom stereocenters. The average Bonchev–Trinajstić information content (AvgIpc) is 3.02. The van der Waals surface area contributed by atoms with E-state index in [9.17, 15) is 4.39 Å². The van der Waals surface area contributed by atoms with Crippen LogP contribution in [0.15, 0.2) is 48.7 Å². The molecule has 2 aromatic carbocycles. The number of halogens is 2. The van der Waals surface area contributed by atoms with Crippen molar-refractivity contribution in [3.8, 4) is 0 Å². The van der Waals surface area contributed by atoms with Crippen molar-refractivity contribution in [2.24, 2.45) is 0 Å². The van der Waals surface area contributed by atoms with Crippen LogP contribution in [-0.2, 0) is 0 Å². The van der Waals surface area contributed by atoms with E-state index >= 15 is 0 Å². The van der Waals surface area contributed by atoms with Crippen molar-refractivity contribution in [2.45, 2.75) is 13.0 Å². The number of aromatic amines is 1. The lowest BCUT2D eigenvalue weighted by atomic mass is 10.1. The number of H-pyrrole nitrogens is 1. The van der Waals surface area contributed by atoms with Gasteiger partial charge in [-0.05, 0) is 37.3 Å². The number of pyridine rings is 1. The van der Waals surface area contributed by atoms with Crippen molar-refractivity contribution in [3.63, 3.8) is 0 Å². The molecule has 4 aromatic rings. The number of aromatic nitrogens is 3. The minimum absolute atomic E-state index is 0.191. The molecule has 6 heteroatoms. The predicted molar refractivity (Wildman–Crippen MR) is 94.8 cm³/mol. The van der Waals surface area contributed by atoms with Gasteiger partial charge in [-0.1, -0.05) is 23.7 Å². The molecule has 0 aliphatic heterocycles. The number of nitrogens with one attached hydrogen (secondary N) is 2. The van der Waals surface area contributed by atoms with Crippen LogP contribution in [0.5, 0.6) is 0 Å². The molecule has 0 aliphatic carbocycles. The van der Waals surface area contributed by atoms with E-state index in [1.165, 1.54) is 6.20 Å². The fourth-order valence-electron chi connectivity index (χ4n) is 2.74. The van der Waals surface area contributed by atoms with E-state index < -0.39 is 5.82 Å². The van der Waals surface area contributed by atoms with E-state index in [1.54, 1.807) is 18.2 Å². The molecule has 2 heterocycles. The Kier molecular flexibility index (Phi) is 3.58. The molecule has 0 saturated carbocycles. The Labute approximate surface area is 142 Å². The molecule has 4 nitrogen and oxygen atoms in total. The third-order valence-corrected chi connectivity index (χ3v) is 4.32. The number of imidazole rings is 1. The first kappa shape index (κ1) is 14.9. The van der Waals surface area contributed by atoms with Crippen LogP contribution in [0.1, 0.15) is 18.8 Å². The standard InChI is InChI=1S/C18H14ClFN4/c1-10(18-23-13-4-2-3-5-14(13)24-18)22-15-7-6-11-12(19)8-9-21-17(11)16(15)20/h2-10,22H,1H3,(H,23,24). The number of hydrogen-bond acceptors (Lipinski definition) is 3. The molecule has 0 amide bonds. The predicted octanol–water partition coefficient (Wildman–Crippen LogP) is 5.08. The first-order valence-electron chi connectivity index (χ1n) is 7.57. The molecule has 0 saturated heterocycles. The molecule has 120 valence electrons. The summed E-state index contributed by atoms with van der Waals surface area (Å²) in [4.78, 5) is 11.9. The Balaban J connectivity index is 1.69. The normalized spacial score (nSPS) is 12.6. The van der Waals surface area contributed by atoms with Crippen molar-refractivity contribution in [1.82, 2.24) is 15.0 Å². The van der Waals surface area contributed by atoms with Crippen LogP contribution in [0.3, 0.4) is 0 Å². The number of nitrogens with zero attached hydrogens (tertiary/aromatic N) is 2. The second kappa shape index (κ2) is 5.76. The van der Waals surface area contributed by atoms with Crippen LogP contribution in [-0.4, -0.2) is 15.0 Å². The fraction of sp³-hybridized carbons (Fsp3) is 0.111. The summed E-state index contributed by atoms with van der Waals surface area (Å²) in [6.45, 7) is 1.92. The van der Waals surface area contributed by atoms with Gasteiger partial charge in [0.15, 0.2) is 5.82 Å². The van der Waals surface area contributed by atoms with Gasteiger partial charge in [0, 0.05) is 11.6 Å². The van der Waals surface area contributed by atoms with Gasteiger partial charge >= 0.3 is 0 Å². The topological polar surface area (TPSA) is 53.6 Å². The Bertz CT molecular complexity index is 1010. The first-order valence-corrected chi connectivity index (χ1v) is 7.95. The van der Waals surface area contributed by atoms with Gasteiger partial charge in [0.2, 0.25) is 0 Å². The summed E-state index contributed by atoms with van der Waals surface area (Å²) in [5, 5.41) is 4.23. The lowest BCUT2D eigenvalue weighted by Crippen LogP contribution is -2.10. The number of rotatable bonds is 3. The van der Waals surface area contributed by atoms with Crippen molar-refractivity contribution in [3.05, 3.63) is 65.3 Å². The van der Waals surface area contributed by atoms with Gasteiger partial charge in [0.1, 0.15) is 11.3 Å². The summed E-state index contributed by atoms with van der Waals surface area (Å²) in [6, 6.07) is 12.7. The molecule has 0 fully saturated rings. The van der Waals surface area contributed by atoms with Crippen molar-refractivity contribution in [2.75, 3.05) is 5.32 Å². The van der Waals surface area contributed by atoms with Gasteiger partial charge in [-0.15, -0.1) is 0 Å². The second-order valence-electron chi connectivity index (χ2n) is 5.62. The number of fused-ring (bicyclic) bond motifs is 2. The Morgan fingerprint density at radius 3 is 2.83 bits per heavy atom. The monoisotopic (exact) mass is 340 g/mol. The molecular weight excluding hydrogens is 327 g/mol. The minimum atomic E-state index is -0.419. The van der Waals surface area contributed by atoms with Crippen LogP contribution < -0.4 is 5.32 Å². The lowest BCUT2D eigenvalue weighted by molar-refractivity contribution is 0.635. The highest BCUT2D eigenvalue weighted by Crippen LogP contribution is 2.29. The third-order valence-electron chi connectivity index (χ3n) is 3.99. The molecule has 0 radical (unpaired) electrons. The first-order chi connectivity index (χ1) is 11.6. The van der Waals surface area contributed by atoms with Crippen LogP contribution >= 0.6 is 11.6 Å².